The summed E-state index contributed by atoms with van der Waals surface area (Å²) >= 11 is 0. The van der Waals surface area contributed by atoms with E-state index in [0.717, 1.165) is 44.9 Å². The van der Waals surface area contributed by atoms with E-state index in [-0.39, 0.29) is 17.1 Å². The monoisotopic (exact) mass is 550 g/mol. The zero-order valence-corrected chi connectivity index (χ0v) is 24.7. The van der Waals surface area contributed by atoms with Crippen LogP contribution in [0.5, 0.6) is 0 Å². The van der Waals surface area contributed by atoms with E-state index in [2.05, 4.69) is 85.5 Å². The molecule has 2 heteroatoms. The maximum Gasteiger partial charge on any atom is 0.156 e. The lowest BCUT2D eigenvalue weighted by molar-refractivity contribution is -0.114. The van der Waals surface area contributed by atoms with Gasteiger partial charge in [0.05, 0.1) is 0 Å². The number of allylic oxidation sites excluding steroid dienone is 4. The van der Waals surface area contributed by atoms with Crippen LogP contribution in [0.25, 0.3) is 22.3 Å². The van der Waals surface area contributed by atoms with Crippen LogP contribution in [0, 0.1) is 29.1 Å². The minimum Gasteiger partial charge on any atom is -0.377 e. The summed E-state index contributed by atoms with van der Waals surface area (Å²) in [4.78, 5) is 12.4. The second kappa shape index (κ2) is 9.42. The fourth-order valence-electron chi connectivity index (χ4n) is 9.61. The molecule has 0 heterocycles. The Hall–Kier alpha value is -3.67. The molecular weight excluding hydrogens is 512 g/mol. The van der Waals surface area contributed by atoms with E-state index >= 15 is 0 Å². The highest BCUT2D eigenvalue weighted by molar-refractivity contribution is 5.93. The van der Waals surface area contributed by atoms with Gasteiger partial charge in [-0.1, -0.05) is 85.1 Å². The van der Waals surface area contributed by atoms with Crippen LogP contribution in [0.15, 0.2) is 89.5 Å². The lowest BCUT2D eigenvalue weighted by atomic mass is 9.51. The normalized spacial score (nSPS) is 30.8. The summed E-state index contributed by atoms with van der Waals surface area (Å²) in [6.45, 7) is 4.17. The summed E-state index contributed by atoms with van der Waals surface area (Å²) in [5.74, 6) is 7.74. The Morgan fingerprint density at radius 2 is 1.67 bits per heavy atom. The zero-order chi connectivity index (χ0) is 28.6. The van der Waals surface area contributed by atoms with Crippen molar-refractivity contribution in [1.82, 2.24) is 0 Å². The summed E-state index contributed by atoms with van der Waals surface area (Å²) in [6, 6.07) is 24.9. The molecule has 0 spiro atoms. The Kier molecular flexibility index (Phi) is 5.83. The molecule has 5 aliphatic carbocycles. The van der Waals surface area contributed by atoms with Gasteiger partial charge in [0.1, 0.15) is 5.60 Å². The van der Waals surface area contributed by atoms with E-state index < -0.39 is 5.60 Å². The Morgan fingerprint density at radius 1 is 0.881 bits per heavy atom. The molecule has 0 aliphatic heterocycles. The lowest BCUT2D eigenvalue weighted by Gasteiger charge is -2.53. The molecule has 0 aromatic heterocycles. The lowest BCUT2D eigenvalue weighted by Crippen LogP contribution is -2.51. The minimum atomic E-state index is -0.943. The van der Waals surface area contributed by atoms with Crippen molar-refractivity contribution in [1.29, 1.82) is 0 Å². The minimum absolute atomic E-state index is 0.231. The molecule has 0 unspecified atom stereocenters. The van der Waals surface area contributed by atoms with Crippen LogP contribution >= 0.6 is 0 Å². The number of ketones is 1. The standard InChI is InChI=1S/C40H38O2/c1-3-19-40(42)20-18-37-35-16-13-29-23-31(41)14-17-34(29)38(35)36(24-39(37,40)2)26-10-8-25(9-11-26)27-12-15-33-30(21-27)22-28-6-4-5-7-32(28)33/h4-12,15,21,23,35-37,42H,13-14,16-18,20,22,24H2,1-2H3/t35-,36+,37-,39-,40-/m0/s1. The van der Waals surface area contributed by atoms with Gasteiger partial charge in [0.15, 0.2) is 5.78 Å². The molecule has 3 aromatic carbocycles. The summed E-state index contributed by atoms with van der Waals surface area (Å²) in [7, 11) is 0. The van der Waals surface area contributed by atoms with Gasteiger partial charge in [0.25, 0.3) is 0 Å². The predicted octanol–water partition coefficient (Wildman–Crippen LogP) is 8.58. The van der Waals surface area contributed by atoms with Crippen LogP contribution < -0.4 is 0 Å². The van der Waals surface area contributed by atoms with Crippen molar-refractivity contribution >= 4 is 5.78 Å². The van der Waals surface area contributed by atoms with E-state index in [1.807, 2.05) is 13.0 Å². The first-order valence-corrected chi connectivity index (χ1v) is 15.8. The largest absolute Gasteiger partial charge is 0.377 e. The summed E-state index contributed by atoms with van der Waals surface area (Å²) in [5, 5.41) is 12.0. The van der Waals surface area contributed by atoms with E-state index in [9.17, 15) is 9.90 Å². The van der Waals surface area contributed by atoms with Gasteiger partial charge in [0, 0.05) is 17.8 Å². The highest BCUT2D eigenvalue weighted by Gasteiger charge is 2.62. The first-order valence-electron chi connectivity index (χ1n) is 15.8. The first-order chi connectivity index (χ1) is 20.4. The number of fused-ring (bicyclic) bond motifs is 7. The van der Waals surface area contributed by atoms with Crippen molar-refractivity contribution in [3.8, 4) is 34.1 Å². The molecule has 0 amide bonds. The maximum absolute atomic E-state index is 12.4. The third-order valence-corrected chi connectivity index (χ3v) is 11.7. The summed E-state index contributed by atoms with van der Waals surface area (Å²) < 4.78 is 0. The SMILES string of the molecule is CC#C[C@]1(O)CC[C@H]2[C@@H]3CCC4=CC(=O)CCC4=C3[C@@H](c3ccc(-c4ccc5c(c4)Cc4ccccc4-5)cc3)C[C@@]21C. The summed E-state index contributed by atoms with van der Waals surface area (Å²) in [6.07, 6.45) is 9.15. The van der Waals surface area contributed by atoms with Crippen molar-refractivity contribution < 1.29 is 9.90 Å². The van der Waals surface area contributed by atoms with Crippen LogP contribution in [-0.4, -0.2) is 16.5 Å². The van der Waals surface area contributed by atoms with E-state index in [1.54, 1.807) is 5.57 Å². The van der Waals surface area contributed by atoms with Crippen molar-refractivity contribution in [2.24, 2.45) is 17.3 Å². The molecule has 5 atom stereocenters. The highest BCUT2D eigenvalue weighted by atomic mass is 16.3. The van der Waals surface area contributed by atoms with Crippen molar-refractivity contribution in [3.63, 3.8) is 0 Å². The van der Waals surface area contributed by atoms with Crippen molar-refractivity contribution in [3.05, 3.63) is 106 Å². The van der Waals surface area contributed by atoms with E-state index in [4.69, 9.17) is 0 Å². The molecular formula is C40H38O2. The molecule has 8 rings (SSSR count). The smallest absolute Gasteiger partial charge is 0.156 e. The third-order valence-electron chi connectivity index (χ3n) is 11.7. The third kappa shape index (κ3) is 3.73. The Balaban J connectivity index is 1.19. The molecule has 5 aliphatic rings. The quantitative estimate of drug-likeness (QED) is 0.254. The molecule has 210 valence electrons. The first kappa shape index (κ1) is 26.0. The zero-order valence-electron chi connectivity index (χ0n) is 24.7. The van der Waals surface area contributed by atoms with Crippen LogP contribution in [0.3, 0.4) is 0 Å². The van der Waals surface area contributed by atoms with Gasteiger partial charge >= 0.3 is 0 Å². The van der Waals surface area contributed by atoms with Gasteiger partial charge < -0.3 is 5.11 Å². The van der Waals surface area contributed by atoms with Gasteiger partial charge in [0.2, 0.25) is 0 Å². The van der Waals surface area contributed by atoms with E-state index in [1.165, 1.54) is 50.1 Å². The van der Waals surface area contributed by atoms with Crippen LogP contribution in [0.4, 0.5) is 0 Å². The second-order valence-corrected chi connectivity index (χ2v) is 13.6. The number of carbonyl (C=O) groups is 1. The van der Waals surface area contributed by atoms with Crippen molar-refractivity contribution in [2.75, 3.05) is 0 Å². The van der Waals surface area contributed by atoms with Gasteiger partial charge in [-0.2, -0.15) is 0 Å². The van der Waals surface area contributed by atoms with Crippen LogP contribution in [0.2, 0.25) is 0 Å². The fourth-order valence-corrected chi connectivity index (χ4v) is 9.61. The fraction of sp³-hybridized carbons (Fsp3) is 0.375. The molecule has 3 aromatic rings. The maximum atomic E-state index is 12.4. The second-order valence-electron chi connectivity index (χ2n) is 13.6. The molecule has 1 N–H and O–H groups in total. The predicted molar refractivity (Wildman–Crippen MR) is 169 cm³/mol. The van der Waals surface area contributed by atoms with Crippen molar-refractivity contribution in [2.45, 2.75) is 76.7 Å². The van der Waals surface area contributed by atoms with Gasteiger partial charge in [-0.05, 0) is 120 Å². The number of benzene rings is 3. The molecule has 0 radical (unpaired) electrons. The van der Waals surface area contributed by atoms with Gasteiger partial charge in [-0.3, -0.25) is 4.79 Å². The average Bonchev–Trinajstić information content (AvgIpc) is 3.50. The molecule has 42 heavy (non-hydrogen) atoms. The summed E-state index contributed by atoms with van der Waals surface area (Å²) in [5.41, 5.74) is 12.5. The Labute approximate surface area is 249 Å². The molecule has 2 saturated carbocycles. The number of rotatable bonds is 2. The Bertz CT molecular complexity index is 1760. The van der Waals surface area contributed by atoms with Gasteiger partial charge in [-0.15, -0.1) is 5.92 Å². The average molecular weight is 551 g/mol. The molecule has 2 nitrogen and oxygen atoms in total. The van der Waals surface area contributed by atoms with Crippen LogP contribution in [0.1, 0.15) is 81.4 Å². The van der Waals surface area contributed by atoms with Crippen LogP contribution in [-0.2, 0) is 11.2 Å². The molecule has 0 bridgehead atoms. The topological polar surface area (TPSA) is 37.3 Å². The molecule has 0 saturated heterocycles. The number of hydrogen-bond donors (Lipinski definition) is 1. The highest BCUT2D eigenvalue weighted by Crippen LogP contribution is 2.66. The Morgan fingerprint density at radius 3 is 2.50 bits per heavy atom. The van der Waals surface area contributed by atoms with Gasteiger partial charge in [-0.25, -0.2) is 0 Å². The number of aliphatic hydroxyl groups is 1. The van der Waals surface area contributed by atoms with E-state index in [0.29, 0.717) is 18.3 Å². The number of carbonyl (C=O) groups excluding carboxylic acids is 1. The number of hydrogen-bond acceptors (Lipinski definition) is 2. The molecule has 2 fully saturated rings.